The molecule has 4 fully saturated rings. The van der Waals surface area contributed by atoms with Crippen LogP contribution in [0.25, 0.3) is 0 Å². The monoisotopic (exact) mass is 1240 g/mol. The van der Waals surface area contributed by atoms with Gasteiger partial charge in [0.25, 0.3) is 11.8 Å². The van der Waals surface area contributed by atoms with E-state index >= 15 is 0 Å². The molecule has 86 heavy (non-hydrogen) atoms. The van der Waals surface area contributed by atoms with E-state index in [1.54, 1.807) is 47.9 Å². The number of amides is 8. The van der Waals surface area contributed by atoms with Crippen LogP contribution in [0.4, 0.5) is 26.3 Å². The first-order valence-electron chi connectivity index (χ1n) is 27.7. The summed E-state index contributed by atoms with van der Waals surface area (Å²) in [6, 6.07) is -1.89. The lowest BCUT2D eigenvalue weighted by Gasteiger charge is -2.36. The molecule has 4 aliphatic heterocycles. The van der Waals surface area contributed by atoms with Crippen LogP contribution in [0.2, 0.25) is 0 Å². The van der Waals surface area contributed by atoms with Gasteiger partial charge < -0.3 is 81.5 Å². The molecule has 0 aromatic heterocycles. The largest absolute Gasteiger partial charge is 0.490 e. The number of aliphatic carboxylic acids is 2. The van der Waals surface area contributed by atoms with Crippen molar-refractivity contribution in [2.24, 2.45) is 10.8 Å². The number of halogens is 6. The highest BCUT2D eigenvalue weighted by Crippen LogP contribution is 2.29. The molecule has 26 nitrogen and oxygen atoms in total. The van der Waals surface area contributed by atoms with Gasteiger partial charge in [-0.15, -0.1) is 0 Å². The van der Waals surface area contributed by atoms with E-state index < -0.39 is 155 Å². The van der Waals surface area contributed by atoms with Crippen LogP contribution in [0.15, 0.2) is 24.3 Å². The van der Waals surface area contributed by atoms with Crippen LogP contribution < -0.4 is 42.5 Å². The number of carboxylic acid groups (broad SMARTS) is 2. The molecule has 5 rings (SSSR count). The van der Waals surface area contributed by atoms with E-state index in [0.717, 1.165) is 12.8 Å². The number of rotatable bonds is 18. The molecule has 8 amide bonds. The number of likely N-dealkylation sites (N-methyl/N-ethyl adjacent to an activating group) is 2. The molecule has 32 heteroatoms. The van der Waals surface area contributed by atoms with Crippen molar-refractivity contribution < 1.29 is 103 Å². The molecule has 0 unspecified atom stereocenters. The van der Waals surface area contributed by atoms with Gasteiger partial charge in [-0.05, 0) is 96.5 Å². The van der Waals surface area contributed by atoms with Crippen molar-refractivity contribution in [1.82, 2.24) is 52.3 Å². The molecule has 4 aliphatic rings. The normalized spacial score (nSPS) is 21.7. The Balaban J connectivity index is 0.00000123. The van der Waals surface area contributed by atoms with Gasteiger partial charge in [-0.1, -0.05) is 47.6 Å². The molecule has 0 radical (unpaired) electrons. The van der Waals surface area contributed by atoms with Crippen LogP contribution in [0.5, 0.6) is 0 Å². The molecule has 4 saturated heterocycles. The Labute approximate surface area is 494 Å². The number of alkyl halides is 6. The number of benzene rings is 1. The summed E-state index contributed by atoms with van der Waals surface area (Å²) in [7, 11) is 3.26. The molecule has 0 bridgehead atoms. The van der Waals surface area contributed by atoms with Gasteiger partial charge in [0.1, 0.15) is 24.2 Å². The molecule has 1 aromatic carbocycles. The zero-order chi connectivity index (χ0) is 65.4. The van der Waals surface area contributed by atoms with E-state index in [2.05, 4.69) is 42.5 Å². The van der Waals surface area contributed by atoms with Crippen molar-refractivity contribution in [3.8, 4) is 0 Å². The molecule has 10 N–H and O–H groups in total. The fourth-order valence-corrected chi connectivity index (χ4v) is 9.00. The van der Waals surface area contributed by atoms with E-state index in [4.69, 9.17) is 38.7 Å². The average Bonchev–Trinajstić information content (AvgIpc) is 1.89. The number of nitrogens with zero attached hydrogens (tertiary/aromatic N) is 2. The smallest absolute Gasteiger partial charge is 0.475 e. The van der Waals surface area contributed by atoms with Crippen molar-refractivity contribution >= 4 is 59.2 Å². The van der Waals surface area contributed by atoms with Crippen molar-refractivity contribution in [3.05, 3.63) is 35.4 Å². The number of carbonyl (C=O) groups excluding carboxylic acids is 8. The van der Waals surface area contributed by atoms with Gasteiger partial charge in [0.05, 0.1) is 50.6 Å². The Morgan fingerprint density at radius 2 is 0.837 bits per heavy atom. The topological polar surface area (TPSA) is 351 Å². The number of hydrogen-bond acceptors (Lipinski definition) is 16. The quantitative estimate of drug-likeness (QED) is 0.0922. The van der Waals surface area contributed by atoms with Gasteiger partial charge in [-0.3, -0.25) is 38.4 Å². The highest BCUT2D eigenvalue weighted by atomic mass is 19.4. The highest BCUT2D eigenvalue weighted by molar-refractivity contribution is 6.01. The third-order valence-electron chi connectivity index (χ3n) is 14.0. The number of ether oxygens (including phenoxy) is 4. The summed E-state index contributed by atoms with van der Waals surface area (Å²) in [4.78, 5) is 132. The lowest BCUT2D eigenvalue weighted by Crippen LogP contribution is -2.60. The highest BCUT2D eigenvalue weighted by Gasteiger charge is 2.48. The first kappa shape index (κ1) is 73.5. The Kier molecular flexibility index (Phi) is 27.2. The minimum atomic E-state index is -5.08. The summed E-state index contributed by atoms with van der Waals surface area (Å²) in [5.41, 5.74) is -1.29. The van der Waals surface area contributed by atoms with Gasteiger partial charge in [-0.2, -0.15) is 26.3 Å². The minimum absolute atomic E-state index is 0.0414. The van der Waals surface area contributed by atoms with E-state index in [0.29, 0.717) is 26.4 Å². The molecular weight excluding hydrogens is 1160 g/mol. The number of likely N-dealkylation sites (tertiary alicyclic amines) is 2. The van der Waals surface area contributed by atoms with E-state index in [1.165, 1.54) is 28.0 Å². The molecule has 10 atom stereocenters. The molecule has 0 spiro atoms. The Hall–Kier alpha value is -6.74. The summed E-state index contributed by atoms with van der Waals surface area (Å²) in [5, 5.41) is 37.5. The maximum atomic E-state index is 14.5. The van der Waals surface area contributed by atoms with Crippen LogP contribution in [-0.2, 0) is 57.3 Å². The summed E-state index contributed by atoms with van der Waals surface area (Å²) in [6.07, 6.45) is -10.0. The first-order chi connectivity index (χ1) is 39.7. The SMILES string of the molecule is CN[C@@H](C)C(=O)N[C@H](C(=O)N1C[C@@H](NC(=O)c2cccc(C(=O)N[C@H]3C[C@@H](C(=O)N[C@H](C)C4OCCCO4)N(C(=O)[C@@H](NC(=O)[C@H](C)NC)C(C)(C)C)C3)c2)C[C@H]1C(=O)N[C@H](C)C1OCCCO1)C(C)(C)C.O=C(O)C(F)(F)F.O=C(O)C(F)(F)F. The fourth-order valence-electron chi connectivity index (χ4n) is 9.00. The summed E-state index contributed by atoms with van der Waals surface area (Å²) < 4.78 is 86.3. The first-order valence-corrected chi connectivity index (χ1v) is 27.7. The molecule has 486 valence electrons. The maximum Gasteiger partial charge on any atom is 0.490 e. The fraction of sp³-hybridized carbons (Fsp3) is 0.704. The van der Waals surface area contributed by atoms with Crippen LogP contribution in [0.1, 0.15) is 116 Å². The van der Waals surface area contributed by atoms with Crippen LogP contribution in [0, 0.1) is 10.8 Å². The Bertz CT molecular complexity index is 2370. The predicted octanol–water partition coefficient (Wildman–Crippen LogP) is 1.16. The predicted molar refractivity (Wildman–Crippen MR) is 292 cm³/mol. The van der Waals surface area contributed by atoms with Gasteiger partial charge in [0, 0.05) is 36.3 Å². The van der Waals surface area contributed by atoms with Crippen LogP contribution in [-0.4, -0.2) is 218 Å². The average molecular weight is 1240 g/mol. The summed E-state index contributed by atoms with van der Waals surface area (Å²) in [6.45, 7) is 19.5. The van der Waals surface area contributed by atoms with Crippen LogP contribution >= 0.6 is 0 Å². The molecular formula is C54H82F6N10O16. The molecule has 4 heterocycles. The van der Waals surface area contributed by atoms with E-state index in [-0.39, 0.29) is 37.1 Å². The zero-order valence-electron chi connectivity index (χ0n) is 50.1. The maximum absolute atomic E-state index is 14.5. The molecule has 0 saturated carbocycles. The Morgan fingerprint density at radius 1 is 0.535 bits per heavy atom. The second-order valence-corrected chi connectivity index (χ2v) is 23.2. The Morgan fingerprint density at radius 3 is 1.10 bits per heavy atom. The summed E-state index contributed by atoms with van der Waals surface area (Å²) >= 11 is 0. The van der Waals surface area contributed by atoms with Gasteiger partial charge in [0.2, 0.25) is 35.4 Å². The number of carbonyl (C=O) groups is 10. The number of carboxylic acids is 2. The van der Waals surface area contributed by atoms with Gasteiger partial charge in [-0.25, -0.2) is 9.59 Å². The number of nitrogens with one attached hydrogen (secondary N) is 8. The lowest BCUT2D eigenvalue weighted by molar-refractivity contribution is -0.193. The standard InChI is InChI=1S/C50H80N10O12.2C2HF3O2/c1-27(51-11)39(61)57-37(49(5,6)7)45(67)59-25-33(23-35(59)43(65)53-29(3)47-69-18-14-19-70-47)55-41(63)31-16-13-17-32(22-31)42(64)56-34-24-36(44(66)54-30(4)48-71-20-15-21-72-48)60(26-34)46(68)38(50(8,9)10)58-40(62)28(2)52-12;2*3-2(4,5)1(6)7/h13,16-17,22,27-30,33-38,47-48,51-52H,14-15,18-21,23-26H2,1-12H3,(H,53,65)(H,54,66)(H,55,63)(H,56,64)(H,57,61)(H,58,62);2*(H,6,7)/t27-,28-,29+,30+,33-,34-,35-,36-,37+,38+;;/m0../s1. The van der Waals surface area contributed by atoms with Gasteiger partial charge >= 0.3 is 24.3 Å². The van der Waals surface area contributed by atoms with Crippen molar-refractivity contribution in [1.29, 1.82) is 0 Å². The van der Waals surface area contributed by atoms with Gasteiger partial charge in [0.15, 0.2) is 12.6 Å². The van der Waals surface area contributed by atoms with E-state index in [1.807, 2.05) is 41.5 Å². The van der Waals surface area contributed by atoms with Crippen molar-refractivity contribution in [2.45, 2.75) is 180 Å². The second-order valence-electron chi connectivity index (χ2n) is 23.2. The third kappa shape index (κ3) is 21.9. The summed E-state index contributed by atoms with van der Waals surface area (Å²) in [5.74, 6) is -9.41. The molecule has 0 aliphatic carbocycles. The van der Waals surface area contributed by atoms with E-state index in [9.17, 15) is 64.7 Å². The zero-order valence-corrected chi connectivity index (χ0v) is 50.1. The second kappa shape index (κ2) is 31.8. The lowest BCUT2D eigenvalue weighted by atomic mass is 9.85. The third-order valence-corrected chi connectivity index (χ3v) is 14.0. The number of hydrogen-bond donors (Lipinski definition) is 10. The van der Waals surface area contributed by atoms with Crippen molar-refractivity contribution in [2.75, 3.05) is 53.6 Å². The molecule has 1 aromatic rings. The van der Waals surface area contributed by atoms with Crippen LogP contribution in [0.3, 0.4) is 0 Å². The van der Waals surface area contributed by atoms with Crippen molar-refractivity contribution in [3.63, 3.8) is 0 Å². The minimum Gasteiger partial charge on any atom is -0.475 e.